The Morgan fingerprint density at radius 1 is 1.38 bits per heavy atom. The van der Waals surface area contributed by atoms with E-state index in [0.717, 1.165) is 23.2 Å². The number of nitrogens with one attached hydrogen (secondary N) is 2. The fourth-order valence-electron chi connectivity index (χ4n) is 1.26. The van der Waals surface area contributed by atoms with Gasteiger partial charge in [-0.2, -0.15) is 0 Å². The summed E-state index contributed by atoms with van der Waals surface area (Å²) in [7, 11) is 0. The molecule has 2 rings (SSSR count). The number of hydrogen-bond donors (Lipinski definition) is 2. The van der Waals surface area contributed by atoms with E-state index >= 15 is 0 Å². The Hall–Kier alpha value is -0.610. The molecule has 0 aliphatic carbocycles. The van der Waals surface area contributed by atoms with Crippen LogP contribution in [0.2, 0.25) is 0 Å². The molecular formula is C9H10BrFN2. The molecule has 1 saturated heterocycles. The van der Waals surface area contributed by atoms with Gasteiger partial charge < -0.3 is 10.6 Å². The van der Waals surface area contributed by atoms with Crippen molar-refractivity contribution in [1.82, 2.24) is 5.32 Å². The lowest BCUT2D eigenvalue weighted by Gasteiger charge is -2.29. The van der Waals surface area contributed by atoms with E-state index in [1.54, 1.807) is 0 Å². The van der Waals surface area contributed by atoms with Gasteiger partial charge >= 0.3 is 0 Å². The molecule has 0 aromatic heterocycles. The van der Waals surface area contributed by atoms with E-state index in [1.165, 1.54) is 12.1 Å². The van der Waals surface area contributed by atoms with E-state index < -0.39 is 0 Å². The molecule has 0 amide bonds. The van der Waals surface area contributed by atoms with Gasteiger partial charge in [0.15, 0.2) is 0 Å². The molecule has 2 nitrogen and oxygen atoms in total. The van der Waals surface area contributed by atoms with Crippen LogP contribution in [-0.4, -0.2) is 19.1 Å². The molecule has 1 aromatic carbocycles. The Morgan fingerprint density at radius 2 is 2.15 bits per heavy atom. The van der Waals surface area contributed by atoms with Crippen LogP contribution in [-0.2, 0) is 0 Å². The van der Waals surface area contributed by atoms with Gasteiger partial charge in [-0.1, -0.05) is 15.9 Å². The summed E-state index contributed by atoms with van der Waals surface area (Å²) < 4.78 is 13.7. The van der Waals surface area contributed by atoms with E-state index in [4.69, 9.17) is 0 Å². The van der Waals surface area contributed by atoms with Gasteiger partial charge in [0, 0.05) is 23.2 Å². The molecule has 4 heteroatoms. The number of anilines is 1. The van der Waals surface area contributed by atoms with Crippen LogP contribution in [0.3, 0.4) is 0 Å². The van der Waals surface area contributed by atoms with E-state index in [2.05, 4.69) is 26.6 Å². The summed E-state index contributed by atoms with van der Waals surface area (Å²) in [6.45, 7) is 1.91. The summed E-state index contributed by atoms with van der Waals surface area (Å²) in [6.07, 6.45) is 0. The lowest BCUT2D eigenvalue weighted by atomic mass is 10.1. The van der Waals surface area contributed by atoms with Crippen molar-refractivity contribution in [3.8, 4) is 0 Å². The first-order chi connectivity index (χ1) is 6.24. The quantitative estimate of drug-likeness (QED) is 0.832. The van der Waals surface area contributed by atoms with Crippen LogP contribution in [0.25, 0.3) is 0 Å². The van der Waals surface area contributed by atoms with Gasteiger partial charge in [-0.15, -0.1) is 0 Å². The van der Waals surface area contributed by atoms with Crippen molar-refractivity contribution in [3.05, 3.63) is 28.5 Å². The van der Waals surface area contributed by atoms with E-state index in [0.29, 0.717) is 6.04 Å². The van der Waals surface area contributed by atoms with Crippen molar-refractivity contribution >= 4 is 21.6 Å². The van der Waals surface area contributed by atoms with Crippen molar-refractivity contribution in [2.75, 3.05) is 18.4 Å². The zero-order valence-corrected chi connectivity index (χ0v) is 8.57. The maximum absolute atomic E-state index is 12.9. The first-order valence-electron chi connectivity index (χ1n) is 4.17. The standard InChI is InChI=1S/C9H10BrFN2/c10-6-1-7(11)3-8(2-6)13-9-4-12-5-9/h1-3,9,12-13H,4-5H2. The summed E-state index contributed by atoms with van der Waals surface area (Å²) in [5, 5.41) is 6.37. The van der Waals surface area contributed by atoms with Gasteiger partial charge in [0.2, 0.25) is 0 Å². The molecule has 0 atom stereocenters. The lowest BCUT2D eigenvalue weighted by Crippen LogP contribution is -2.51. The molecule has 0 bridgehead atoms. The van der Waals surface area contributed by atoms with Gasteiger partial charge in [-0.05, 0) is 18.2 Å². The molecule has 2 N–H and O–H groups in total. The fourth-order valence-corrected chi connectivity index (χ4v) is 1.73. The van der Waals surface area contributed by atoms with Gasteiger partial charge in [0.05, 0.1) is 6.04 Å². The number of benzene rings is 1. The predicted molar refractivity (Wildman–Crippen MR) is 54.4 cm³/mol. The van der Waals surface area contributed by atoms with Crippen LogP contribution in [0.5, 0.6) is 0 Å². The topological polar surface area (TPSA) is 24.1 Å². The third-order valence-electron chi connectivity index (χ3n) is 2.01. The molecule has 1 heterocycles. The Bertz CT molecular complexity index is 292. The highest BCUT2D eigenvalue weighted by Gasteiger charge is 2.16. The molecule has 1 aromatic rings. The van der Waals surface area contributed by atoms with Gasteiger partial charge in [-0.25, -0.2) is 4.39 Å². The Kier molecular flexibility index (Phi) is 2.51. The Morgan fingerprint density at radius 3 is 2.69 bits per heavy atom. The lowest BCUT2D eigenvalue weighted by molar-refractivity contribution is 0.472. The highest BCUT2D eigenvalue weighted by molar-refractivity contribution is 9.10. The SMILES string of the molecule is Fc1cc(Br)cc(NC2CNC2)c1. The molecule has 0 radical (unpaired) electrons. The largest absolute Gasteiger partial charge is 0.380 e. The Labute approximate surface area is 84.7 Å². The van der Waals surface area contributed by atoms with Crippen LogP contribution in [0, 0.1) is 5.82 Å². The summed E-state index contributed by atoms with van der Waals surface area (Å²) in [5.74, 6) is -0.218. The normalized spacial score (nSPS) is 16.8. The molecule has 0 spiro atoms. The molecule has 0 unspecified atom stereocenters. The third-order valence-corrected chi connectivity index (χ3v) is 2.47. The summed E-state index contributed by atoms with van der Waals surface area (Å²) in [4.78, 5) is 0. The van der Waals surface area contributed by atoms with Crippen LogP contribution in [0.15, 0.2) is 22.7 Å². The van der Waals surface area contributed by atoms with Crippen LogP contribution in [0.4, 0.5) is 10.1 Å². The third kappa shape index (κ3) is 2.19. The number of halogens is 2. The van der Waals surface area contributed by atoms with Gasteiger partial charge in [0.1, 0.15) is 5.82 Å². The van der Waals surface area contributed by atoms with Crippen LogP contribution < -0.4 is 10.6 Å². The van der Waals surface area contributed by atoms with Crippen molar-refractivity contribution < 1.29 is 4.39 Å². The Balaban J connectivity index is 2.10. The molecule has 13 heavy (non-hydrogen) atoms. The average Bonchev–Trinajstić information content (AvgIpc) is 1.95. The van der Waals surface area contributed by atoms with Crippen molar-refractivity contribution in [1.29, 1.82) is 0 Å². The van der Waals surface area contributed by atoms with E-state index in [-0.39, 0.29) is 5.82 Å². The minimum absolute atomic E-state index is 0.218. The zero-order valence-electron chi connectivity index (χ0n) is 6.98. The molecule has 0 saturated carbocycles. The molecule has 1 aliphatic heterocycles. The van der Waals surface area contributed by atoms with Crippen molar-refractivity contribution in [3.63, 3.8) is 0 Å². The fraction of sp³-hybridized carbons (Fsp3) is 0.333. The first kappa shape index (κ1) is 8.97. The van der Waals surface area contributed by atoms with Crippen molar-refractivity contribution in [2.45, 2.75) is 6.04 Å². The summed E-state index contributed by atoms with van der Waals surface area (Å²) in [5.41, 5.74) is 0.832. The van der Waals surface area contributed by atoms with Crippen molar-refractivity contribution in [2.24, 2.45) is 0 Å². The minimum atomic E-state index is -0.218. The molecular weight excluding hydrogens is 235 g/mol. The van der Waals surface area contributed by atoms with E-state index in [9.17, 15) is 4.39 Å². The second-order valence-corrected chi connectivity index (χ2v) is 4.07. The number of hydrogen-bond acceptors (Lipinski definition) is 2. The van der Waals surface area contributed by atoms with Crippen LogP contribution >= 0.6 is 15.9 Å². The highest BCUT2D eigenvalue weighted by atomic mass is 79.9. The maximum Gasteiger partial charge on any atom is 0.126 e. The second kappa shape index (κ2) is 3.64. The second-order valence-electron chi connectivity index (χ2n) is 3.16. The minimum Gasteiger partial charge on any atom is -0.380 e. The summed E-state index contributed by atoms with van der Waals surface area (Å²) >= 11 is 3.25. The average molecular weight is 245 g/mol. The number of rotatable bonds is 2. The highest BCUT2D eigenvalue weighted by Crippen LogP contribution is 2.19. The molecule has 70 valence electrons. The first-order valence-corrected chi connectivity index (χ1v) is 4.97. The van der Waals surface area contributed by atoms with Gasteiger partial charge in [0.25, 0.3) is 0 Å². The monoisotopic (exact) mass is 244 g/mol. The van der Waals surface area contributed by atoms with Gasteiger partial charge in [-0.3, -0.25) is 0 Å². The zero-order chi connectivity index (χ0) is 9.26. The predicted octanol–water partition coefficient (Wildman–Crippen LogP) is 1.97. The molecule has 1 aliphatic rings. The maximum atomic E-state index is 12.9. The van der Waals surface area contributed by atoms with Crippen LogP contribution in [0.1, 0.15) is 0 Å². The smallest absolute Gasteiger partial charge is 0.126 e. The van der Waals surface area contributed by atoms with E-state index in [1.807, 2.05) is 6.07 Å². The summed E-state index contributed by atoms with van der Waals surface area (Å²) in [6, 6.07) is 5.27. The molecule has 1 fully saturated rings.